The first kappa shape index (κ1) is 38.3. The molecule has 3 rings (SSSR count). The maximum atomic E-state index is 5.76. The standard InChI is InChI=1S/C17H21NS2.C12H18.C2H5N.C2H6.C2H2/c1-4-14-5-7-15(8-6-14)12(2)13(3)19-11-16-9-10-17(18)20-16;1-5-12(3,4)11-8-6-10(2)7-9-11;1-2-3;2*1-2/h5-10H,4,11,18H2,1-3H3;6-9H,5H2,1-4H3;2H,1,3H2;1-2H3;1-2H/b13-12+;;;;. The molecule has 2 nitrogen and oxygen atoms in total. The summed E-state index contributed by atoms with van der Waals surface area (Å²) in [5.74, 6) is 0.998. The quantitative estimate of drug-likeness (QED) is 0.281. The molecule has 1 heterocycles. The fraction of sp³-hybridized carbons (Fsp3) is 0.371. The summed E-state index contributed by atoms with van der Waals surface area (Å²) in [4.78, 5) is 2.71. The van der Waals surface area contributed by atoms with Crippen molar-refractivity contribution in [2.24, 2.45) is 5.73 Å². The van der Waals surface area contributed by atoms with E-state index in [1.807, 2.05) is 31.7 Å². The number of rotatable bonds is 7. The van der Waals surface area contributed by atoms with Gasteiger partial charge in [-0.15, -0.1) is 35.9 Å². The molecular formula is C35H52N2S2. The number of anilines is 1. The zero-order chi connectivity index (χ0) is 30.4. The van der Waals surface area contributed by atoms with Crippen LogP contribution in [0.4, 0.5) is 5.00 Å². The fourth-order valence-electron chi connectivity index (χ4n) is 3.16. The lowest BCUT2D eigenvalue weighted by Gasteiger charge is -2.23. The van der Waals surface area contributed by atoms with Crippen molar-refractivity contribution < 1.29 is 0 Å². The highest BCUT2D eigenvalue weighted by atomic mass is 32.2. The van der Waals surface area contributed by atoms with Crippen molar-refractivity contribution in [1.29, 1.82) is 0 Å². The molecule has 0 saturated heterocycles. The average Bonchev–Trinajstić information content (AvgIpc) is 3.39. The second-order valence-electron chi connectivity index (χ2n) is 9.16. The maximum Gasteiger partial charge on any atom is 0.0859 e. The largest absolute Gasteiger partial charge is 0.405 e. The minimum Gasteiger partial charge on any atom is -0.405 e. The molecule has 0 saturated carbocycles. The van der Waals surface area contributed by atoms with Gasteiger partial charge in [0.2, 0.25) is 0 Å². The predicted molar refractivity (Wildman–Crippen MR) is 184 cm³/mol. The van der Waals surface area contributed by atoms with E-state index in [0.29, 0.717) is 5.41 Å². The van der Waals surface area contributed by atoms with Crippen LogP contribution in [0.1, 0.15) is 88.9 Å². The number of thioether (sulfide) groups is 1. The van der Waals surface area contributed by atoms with Gasteiger partial charge in [-0.25, -0.2) is 0 Å². The molecule has 3 aromatic rings. The summed E-state index contributed by atoms with van der Waals surface area (Å²) in [5, 5.41) is 0.897. The molecule has 0 amide bonds. The summed E-state index contributed by atoms with van der Waals surface area (Å²) < 4.78 is 0. The lowest BCUT2D eigenvalue weighted by atomic mass is 9.82. The van der Waals surface area contributed by atoms with Crippen molar-refractivity contribution in [3.8, 4) is 12.8 Å². The van der Waals surface area contributed by atoms with Gasteiger partial charge in [-0.2, -0.15) is 0 Å². The highest BCUT2D eigenvalue weighted by Gasteiger charge is 2.16. The molecule has 0 bridgehead atoms. The van der Waals surface area contributed by atoms with E-state index in [0.717, 1.165) is 17.2 Å². The number of benzene rings is 2. The number of thiophene rings is 1. The van der Waals surface area contributed by atoms with Crippen molar-refractivity contribution in [3.63, 3.8) is 0 Å². The van der Waals surface area contributed by atoms with Crippen molar-refractivity contribution in [1.82, 2.24) is 0 Å². The third kappa shape index (κ3) is 15.3. The summed E-state index contributed by atoms with van der Waals surface area (Å²) in [5.41, 5.74) is 17.5. The SMILES string of the molecule is C#C.C=CN.CC.CCC(C)(C)c1ccc(C)cc1.CCc1ccc(/C(C)=C(\C)SCc2ccc(N)s2)cc1. The molecule has 1 aromatic heterocycles. The van der Waals surface area contributed by atoms with Crippen LogP contribution < -0.4 is 11.5 Å². The van der Waals surface area contributed by atoms with E-state index >= 15 is 0 Å². The van der Waals surface area contributed by atoms with Gasteiger partial charge in [-0.05, 0) is 84.5 Å². The van der Waals surface area contributed by atoms with Crippen LogP contribution >= 0.6 is 23.1 Å². The minimum absolute atomic E-state index is 0.327. The first-order valence-corrected chi connectivity index (χ1v) is 15.3. The first-order valence-electron chi connectivity index (χ1n) is 13.5. The molecule has 39 heavy (non-hydrogen) atoms. The van der Waals surface area contributed by atoms with Crippen molar-refractivity contribution in [3.05, 3.63) is 105 Å². The maximum absolute atomic E-state index is 5.76. The second-order valence-corrected chi connectivity index (χ2v) is 11.6. The van der Waals surface area contributed by atoms with Crippen LogP contribution in [0.25, 0.3) is 5.57 Å². The molecular weight excluding hydrogens is 513 g/mol. The molecule has 0 aliphatic carbocycles. The Morgan fingerprint density at radius 2 is 1.46 bits per heavy atom. The lowest BCUT2D eigenvalue weighted by Crippen LogP contribution is -2.14. The molecule has 0 unspecified atom stereocenters. The monoisotopic (exact) mass is 564 g/mol. The van der Waals surface area contributed by atoms with E-state index in [2.05, 4.69) is 128 Å². The van der Waals surface area contributed by atoms with Gasteiger partial charge in [0.05, 0.1) is 5.00 Å². The van der Waals surface area contributed by atoms with Crippen molar-refractivity contribution in [2.75, 3.05) is 5.73 Å². The number of nitrogen functional groups attached to an aromatic ring is 1. The zero-order valence-electron chi connectivity index (χ0n) is 25.8. The van der Waals surface area contributed by atoms with E-state index < -0.39 is 0 Å². The van der Waals surface area contributed by atoms with Crippen LogP contribution in [0.3, 0.4) is 0 Å². The van der Waals surface area contributed by atoms with E-state index in [9.17, 15) is 0 Å². The fourth-order valence-corrected chi connectivity index (χ4v) is 4.94. The lowest BCUT2D eigenvalue weighted by molar-refractivity contribution is 0.506. The van der Waals surface area contributed by atoms with Gasteiger partial charge in [0.15, 0.2) is 0 Å². The molecule has 4 N–H and O–H groups in total. The van der Waals surface area contributed by atoms with E-state index in [4.69, 9.17) is 5.73 Å². The summed E-state index contributed by atoms with van der Waals surface area (Å²) in [6.07, 6.45) is 11.5. The number of hydrogen-bond acceptors (Lipinski definition) is 4. The topological polar surface area (TPSA) is 52.0 Å². The number of hydrogen-bond donors (Lipinski definition) is 2. The molecule has 0 radical (unpaired) electrons. The summed E-state index contributed by atoms with van der Waals surface area (Å²) in [7, 11) is 0. The normalized spacial score (nSPS) is 10.4. The molecule has 214 valence electrons. The molecule has 0 aliphatic rings. The Bertz CT molecular complexity index is 1090. The summed E-state index contributed by atoms with van der Waals surface area (Å²) in [6, 6.07) is 21.8. The molecule has 0 spiro atoms. The highest BCUT2D eigenvalue weighted by Crippen LogP contribution is 2.31. The zero-order valence-corrected chi connectivity index (χ0v) is 27.4. The molecule has 0 fully saturated rings. The van der Waals surface area contributed by atoms with Crippen LogP contribution in [-0.4, -0.2) is 0 Å². The number of nitrogens with two attached hydrogens (primary N) is 2. The highest BCUT2D eigenvalue weighted by molar-refractivity contribution is 8.02. The molecule has 0 aliphatic heterocycles. The Kier molecular flexibility index (Phi) is 21.6. The van der Waals surface area contributed by atoms with Gasteiger partial charge < -0.3 is 11.5 Å². The van der Waals surface area contributed by atoms with Crippen LogP contribution in [0.15, 0.2) is 78.3 Å². The Hall–Kier alpha value is -2.87. The predicted octanol–water partition coefficient (Wildman–Crippen LogP) is 10.6. The first-order chi connectivity index (χ1) is 18.6. The van der Waals surface area contributed by atoms with Gasteiger partial charge in [-0.3, -0.25) is 0 Å². The van der Waals surface area contributed by atoms with E-state index in [-0.39, 0.29) is 0 Å². The van der Waals surface area contributed by atoms with E-state index in [1.54, 1.807) is 11.3 Å². The molecule has 2 aromatic carbocycles. The Balaban J connectivity index is 0. The molecule has 0 atom stereocenters. The smallest absolute Gasteiger partial charge is 0.0859 e. The van der Waals surface area contributed by atoms with Crippen molar-refractivity contribution >= 4 is 33.7 Å². The van der Waals surface area contributed by atoms with Crippen molar-refractivity contribution in [2.45, 2.75) is 86.3 Å². The minimum atomic E-state index is 0.327. The second kappa shape index (κ2) is 22.0. The van der Waals surface area contributed by atoms with Gasteiger partial charge in [-0.1, -0.05) is 102 Å². The Morgan fingerprint density at radius 3 is 1.87 bits per heavy atom. The Labute approximate surface area is 249 Å². The Morgan fingerprint density at radius 1 is 0.949 bits per heavy atom. The summed E-state index contributed by atoms with van der Waals surface area (Å²) >= 11 is 3.57. The number of aryl methyl sites for hydroxylation is 2. The average molecular weight is 565 g/mol. The van der Waals surface area contributed by atoms with Gasteiger partial charge >= 0.3 is 0 Å². The van der Waals surface area contributed by atoms with Crippen LogP contribution in [-0.2, 0) is 17.6 Å². The third-order valence-corrected chi connectivity index (χ3v) is 8.45. The third-order valence-electron chi connectivity index (χ3n) is 6.15. The van der Waals surface area contributed by atoms with Crippen LogP contribution in [0.2, 0.25) is 0 Å². The van der Waals surface area contributed by atoms with Gasteiger partial charge in [0.1, 0.15) is 0 Å². The summed E-state index contributed by atoms with van der Waals surface area (Å²) in [6.45, 7) is 22.7. The van der Waals surface area contributed by atoms with Gasteiger partial charge in [0, 0.05) is 10.6 Å². The van der Waals surface area contributed by atoms with E-state index in [1.165, 1.54) is 50.2 Å². The number of terminal acetylenes is 1. The van der Waals surface area contributed by atoms with Gasteiger partial charge in [0.25, 0.3) is 0 Å². The van der Waals surface area contributed by atoms with Crippen LogP contribution in [0, 0.1) is 19.8 Å². The van der Waals surface area contributed by atoms with Crippen LogP contribution in [0.5, 0.6) is 0 Å². The molecule has 4 heteroatoms. The number of allylic oxidation sites excluding steroid dienone is 2.